The minimum atomic E-state index is -0.587. The third-order valence-corrected chi connectivity index (χ3v) is 5.28. The average molecular weight is 373 g/mol. The first-order chi connectivity index (χ1) is 12.9. The van der Waals surface area contributed by atoms with Gasteiger partial charge < -0.3 is 9.64 Å². The number of imide groups is 1. The van der Waals surface area contributed by atoms with E-state index >= 15 is 0 Å². The lowest BCUT2D eigenvalue weighted by molar-refractivity contribution is -0.136. The molecule has 1 atom stereocenters. The average Bonchev–Trinajstić information content (AvgIpc) is 2.94. The van der Waals surface area contributed by atoms with Crippen LogP contribution in [0.25, 0.3) is 0 Å². The molecule has 3 amide bonds. The number of fused-ring (bicyclic) bond motifs is 1. The van der Waals surface area contributed by atoms with Gasteiger partial charge in [0.2, 0.25) is 11.8 Å². The molecule has 146 valence electrons. The highest BCUT2D eigenvalue weighted by Gasteiger charge is 2.39. The molecule has 2 aliphatic heterocycles. The fourth-order valence-electron chi connectivity index (χ4n) is 3.70. The van der Waals surface area contributed by atoms with Gasteiger partial charge in [-0.05, 0) is 50.6 Å². The van der Waals surface area contributed by atoms with Crippen LogP contribution in [0.2, 0.25) is 0 Å². The maximum atomic E-state index is 12.7. The molecule has 0 radical (unpaired) electrons. The minimum Gasteiger partial charge on any atom is -0.492 e. The number of benzene rings is 1. The molecule has 3 rings (SSSR count). The summed E-state index contributed by atoms with van der Waals surface area (Å²) in [6, 6.07) is 5.33. The molecule has 2 heterocycles. The lowest BCUT2D eigenvalue weighted by Gasteiger charge is -2.29. The number of rotatable bonds is 7. The molecule has 1 N–H and O–H groups in total. The second-order valence-corrected chi connectivity index (χ2v) is 7.29. The van der Waals surface area contributed by atoms with E-state index in [4.69, 9.17) is 4.74 Å². The summed E-state index contributed by atoms with van der Waals surface area (Å²) >= 11 is 0. The Morgan fingerprint density at radius 1 is 1.30 bits per heavy atom. The largest absolute Gasteiger partial charge is 0.492 e. The number of nitrogens with zero attached hydrogens (tertiary/aromatic N) is 2. The number of hydrogen-bond acceptors (Lipinski definition) is 5. The number of amides is 3. The minimum absolute atomic E-state index is 0.164. The standard InChI is InChI=1S/C20H27N3O4/c1-4-22(13(2)3)9-10-27-15-5-6-16-14(11-15)12-23(20(16)26)17-7-8-18(24)21-19(17)25/h5-6,11,13,17H,4,7-10,12H2,1-3H3,(H,21,24,25). The first-order valence-corrected chi connectivity index (χ1v) is 9.55. The summed E-state index contributed by atoms with van der Waals surface area (Å²) in [6.07, 6.45) is 0.629. The van der Waals surface area contributed by atoms with Gasteiger partial charge in [0.25, 0.3) is 5.91 Å². The maximum absolute atomic E-state index is 12.7. The molecule has 1 aromatic rings. The smallest absolute Gasteiger partial charge is 0.255 e. The van der Waals surface area contributed by atoms with Crippen molar-refractivity contribution in [2.75, 3.05) is 19.7 Å². The Bertz CT molecular complexity index is 747. The summed E-state index contributed by atoms with van der Waals surface area (Å²) in [4.78, 5) is 40.0. The summed E-state index contributed by atoms with van der Waals surface area (Å²) in [5, 5.41) is 2.32. The number of carbonyl (C=O) groups excluding carboxylic acids is 3. The van der Waals surface area contributed by atoms with Gasteiger partial charge in [-0.25, -0.2) is 0 Å². The lowest BCUT2D eigenvalue weighted by Crippen LogP contribution is -2.52. The van der Waals surface area contributed by atoms with Crippen molar-refractivity contribution in [2.45, 2.75) is 52.2 Å². The van der Waals surface area contributed by atoms with E-state index in [0.717, 1.165) is 24.4 Å². The van der Waals surface area contributed by atoms with Crippen molar-refractivity contribution in [1.29, 1.82) is 0 Å². The highest BCUT2D eigenvalue weighted by molar-refractivity contribution is 6.05. The molecule has 0 aliphatic carbocycles. The Morgan fingerprint density at radius 2 is 2.07 bits per heavy atom. The summed E-state index contributed by atoms with van der Waals surface area (Å²) in [7, 11) is 0. The van der Waals surface area contributed by atoms with Crippen molar-refractivity contribution >= 4 is 17.7 Å². The van der Waals surface area contributed by atoms with Crippen molar-refractivity contribution in [3.8, 4) is 5.75 Å². The van der Waals surface area contributed by atoms with Crippen LogP contribution in [-0.2, 0) is 16.1 Å². The zero-order valence-corrected chi connectivity index (χ0v) is 16.2. The van der Waals surface area contributed by atoms with Gasteiger partial charge in [-0.1, -0.05) is 6.92 Å². The summed E-state index contributed by atoms with van der Waals surface area (Å²) in [5.74, 6) is -0.106. The van der Waals surface area contributed by atoms with E-state index < -0.39 is 11.9 Å². The Balaban J connectivity index is 1.63. The number of hydrogen-bond donors (Lipinski definition) is 1. The van der Waals surface area contributed by atoms with E-state index in [-0.39, 0.29) is 18.2 Å². The van der Waals surface area contributed by atoms with Crippen LogP contribution in [0.1, 0.15) is 49.5 Å². The Kier molecular flexibility index (Phi) is 5.79. The molecule has 0 spiro atoms. The second kappa shape index (κ2) is 8.08. The molecule has 1 saturated heterocycles. The van der Waals surface area contributed by atoms with E-state index in [2.05, 4.69) is 31.0 Å². The van der Waals surface area contributed by atoms with Crippen LogP contribution in [0.5, 0.6) is 5.75 Å². The van der Waals surface area contributed by atoms with Crippen LogP contribution >= 0.6 is 0 Å². The molecular formula is C20H27N3O4. The Hall–Kier alpha value is -2.41. The molecule has 7 heteroatoms. The molecule has 0 bridgehead atoms. The normalized spacial score (nSPS) is 19.7. The van der Waals surface area contributed by atoms with Crippen molar-refractivity contribution in [2.24, 2.45) is 0 Å². The molecule has 1 fully saturated rings. The van der Waals surface area contributed by atoms with Gasteiger partial charge >= 0.3 is 0 Å². The third-order valence-electron chi connectivity index (χ3n) is 5.28. The van der Waals surface area contributed by atoms with Gasteiger partial charge in [0.1, 0.15) is 18.4 Å². The number of likely N-dealkylation sites (N-methyl/N-ethyl adjacent to an activating group) is 1. The molecule has 1 unspecified atom stereocenters. The van der Waals surface area contributed by atoms with Crippen molar-refractivity contribution < 1.29 is 19.1 Å². The van der Waals surface area contributed by atoms with Gasteiger partial charge in [-0.15, -0.1) is 0 Å². The summed E-state index contributed by atoms with van der Waals surface area (Å²) in [5.41, 5.74) is 1.46. The van der Waals surface area contributed by atoms with Gasteiger partial charge in [0, 0.05) is 31.1 Å². The zero-order valence-electron chi connectivity index (χ0n) is 16.2. The molecular weight excluding hydrogens is 346 g/mol. The first kappa shape index (κ1) is 19.4. The van der Waals surface area contributed by atoms with Crippen LogP contribution < -0.4 is 10.1 Å². The molecule has 0 aromatic heterocycles. The highest BCUT2D eigenvalue weighted by atomic mass is 16.5. The van der Waals surface area contributed by atoms with E-state index in [1.807, 2.05) is 6.07 Å². The van der Waals surface area contributed by atoms with Gasteiger partial charge in [-0.2, -0.15) is 0 Å². The van der Waals surface area contributed by atoms with Crippen LogP contribution in [0.3, 0.4) is 0 Å². The molecule has 0 saturated carbocycles. The monoisotopic (exact) mass is 373 g/mol. The maximum Gasteiger partial charge on any atom is 0.255 e. The van der Waals surface area contributed by atoms with E-state index in [0.29, 0.717) is 31.2 Å². The quantitative estimate of drug-likeness (QED) is 0.734. The predicted octanol–water partition coefficient (Wildman–Crippen LogP) is 1.56. The number of ether oxygens (including phenoxy) is 1. The molecule has 1 aromatic carbocycles. The number of nitrogens with one attached hydrogen (secondary N) is 1. The van der Waals surface area contributed by atoms with Gasteiger partial charge in [0.15, 0.2) is 0 Å². The van der Waals surface area contributed by atoms with Crippen molar-refractivity contribution in [3.05, 3.63) is 29.3 Å². The number of carbonyl (C=O) groups is 3. The highest BCUT2D eigenvalue weighted by Crippen LogP contribution is 2.30. The van der Waals surface area contributed by atoms with Crippen LogP contribution in [0.15, 0.2) is 18.2 Å². The van der Waals surface area contributed by atoms with Crippen molar-refractivity contribution in [3.63, 3.8) is 0 Å². The topological polar surface area (TPSA) is 79.0 Å². The summed E-state index contributed by atoms with van der Waals surface area (Å²) in [6.45, 7) is 9.21. The van der Waals surface area contributed by atoms with Gasteiger partial charge in [0.05, 0.1) is 0 Å². The number of piperidine rings is 1. The van der Waals surface area contributed by atoms with E-state index in [1.165, 1.54) is 0 Å². The Labute approximate surface area is 159 Å². The van der Waals surface area contributed by atoms with E-state index in [9.17, 15) is 14.4 Å². The van der Waals surface area contributed by atoms with Crippen LogP contribution in [-0.4, -0.2) is 59.3 Å². The zero-order chi connectivity index (χ0) is 19.6. The summed E-state index contributed by atoms with van der Waals surface area (Å²) < 4.78 is 5.87. The first-order valence-electron chi connectivity index (χ1n) is 9.55. The third kappa shape index (κ3) is 4.13. The van der Waals surface area contributed by atoms with Crippen molar-refractivity contribution in [1.82, 2.24) is 15.1 Å². The van der Waals surface area contributed by atoms with E-state index in [1.54, 1.807) is 17.0 Å². The fourth-order valence-corrected chi connectivity index (χ4v) is 3.70. The molecule has 2 aliphatic rings. The van der Waals surface area contributed by atoms with Gasteiger partial charge in [-0.3, -0.25) is 24.6 Å². The lowest BCUT2D eigenvalue weighted by atomic mass is 10.0. The Morgan fingerprint density at radius 3 is 2.74 bits per heavy atom. The predicted molar refractivity (Wildman–Crippen MR) is 100 cm³/mol. The SMILES string of the molecule is CCN(CCOc1ccc2c(c1)CN(C1CCC(=O)NC1=O)C2=O)C(C)C. The molecule has 7 nitrogen and oxygen atoms in total. The fraction of sp³-hybridized carbons (Fsp3) is 0.550. The second-order valence-electron chi connectivity index (χ2n) is 7.29. The van der Waals surface area contributed by atoms with Crippen LogP contribution in [0.4, 0.5) is 0 Å². The molecule has 27 heavy (non-hydrogen) atoms. The van der Waals surface area contributed by atoms with Crippen LogP contribution in [0, 0.1) is 0 Å².